The van der Waals surface area contributed by atoms with Crippen LogP contribution in [0.1, 0.15) is 51.9 Å². The number of urea groups is 1. The Labute approximate surface area is 138 Å². The molecule has 6 heteroatoms. The van der Waals surface area contributed by atoms with Gasteiger partial charge in [0.25, 0.3) is 0 Å². The van der Waals surface area contributed by atoms with Crippen molar-refractivity contribution in [2.24, 2.45) is 5.41 Å². The van der Waals surface area contributed by atoms with Crippen molar-refractivity contribution < 1.29 is 14.3 Å². The summed E-state index contributed by atoms with van der Waals surface area (Å²) in [5.74, 6) is -0.112. The zero-order valence-electron chi connectivity index (χ0n) is 14.1. The highest BCUT2D eigenvalue weighted by atomic mass is 16.5. The highest BCUT2D eigenvalue weighted by Gasteiger charge is 2.55. The molecule has 3 rings (SSSR count). The summed E-state index contributed by atoms with van der Waals surface area (Å²) in [6, 6.07) is 0.279. The molecule has 2 atom stereocenters. The molecule has 2 saturated carbocycles. The summed E-state index contributed by atoms with van der Waals surface area (Å²) in [6.07, 6.45) is 8.82. The van der Waals surface area contributed by atoms with Crippen LogP contribution < -0.4 is 10.6 Å². The number of hydrogen-bond acceptors (Lipinski definition) is 4. The summed E-state index contributed by atoms with van der Waals surface area (Å²) in [5, 5.41) is 6.23. The molecule has 3 aliphatic rings. The molecule has 1 aliphatic heterocycles. The molecule has 0 unspecified atom stereocenters. The van der Waals surface area contributed by atoms with E-state index in [2.05, 4.69) is 17.6 Å². The van der Waals surface area contributed by atoms with Gasteiger partial charge in [0, 0.05) is 24.6 Å². The molecule has 2 aliphatic carbocycles. The van der Waals surface area contributed by atoms with E-state index < -0.39 is 0 Å². The van der Waals surface area contributed by atoms with Crippen LogP contribution in [-0.2, 0) is 9.53 Å². The molecule has 2 N–H and O–H groups in total. The van der Waals surface area contributed by atoms with Gasteiger partial charge in [0.2, 0.25) is 5.91 Å². The minimum atomic E-state index is -0.251. The Bertz CT molecular complexity index is 432. The lowest BCUT2D eigenvalue weighted by Crippen LogP contribution is -2.64. The number of carbonyl (C=O) groups excluding carboxylic acids is 2. The van der Waals surface area contributed by atoms with Crippen molar-refractivity contribution in [2.75, 3.05) is 26.2 Å². The quantitative estimate of drug-likeness (QED) is 0.552. The van der Waals surface area contributed by atoms with E-state index in [-0.39, 0.29) is 18.5 Å². The lowest BCUT2D eigenvalue weighted by molar-refractivity contribution is -0.149. The Morgan fingerprint density at radius 2 is 2.09 bits per heavy atom. The zero-order chi connectivity index (χ0) is 16.3. The van der Waals surface area contributed by atoms with Gasteiger partial charge in [-0.1, -0.05) is 19.3 Å². The fourth-order valence-corrected chi connectivity index (χ4v) is 4.54. The van der Waals surface area contributed by atoms with E-state index in [1.54, 1.807) is 0 Å². The summed E-state index contributed by atoms with van der Waals surface area (Å²) in [7, 11) is 0. The number of carbonyl (C=O) groups is 2. The van der Waals surface area contributed by atoms with Crippen molar-refractivity contribution >= 4 is 11.9 Å². The van der Waals surface area contributed by atoms with Gasteiger partial charge in [-0.15, -0.1) is 0 Å². The van der Waals surface area contributed by atoms with E-state index in [0.717, 1.165) is 26.0 Å². The van der Waals surface area contributed by atoms with Crippen LogP contribution in [0.5, 0.6) is 0 Å². The third kappa shape index (κ3) is 3.24. The van der Waals surface area contributed by atoms with Crippen molar-refractivity contribution in [1.82, 2.24) is 15.5 Å². The summed E-state index contributed by atoms with van der Waals surface area (Å²) in [5.41, 5.74) is 0.328. The van der Waals surface area contributed by atoms with Gasteiger partial charge in [-0.2, -0.15) is 0 Å². The Kier molecular flexibility index (Phi) is 5.21. The van der Waals surface area contributed by atoms with Crippen LogP contribution in [-0.4, -0.2) is 55.2 Å². The Balaban J connectivity index is 1.44. The summed E-state index contributed by atoms with van der Waals surface area (Å²) in [6.45, 7) is 4.38. The molecule has 0 bridgehead atoms. The molecule has 1 spiro atoms. The molecular weight excluding hydrogens is 294 g/mol. The SMILES string of the molecule is CCO[C@@H]1C[C@H](NCCCN2C(=O)CNC2=O)C12CCCCC2. The maximum atomic E-state index is 11.5. The van der Waals surface area contributed by atoms with Gasteiger partial charge in [0.1, 0.15) is 0 Å². The van der Waals surface area contributed by atoms with Gasteiger partial charge >= 0.3 is 6.03 Å². The number of rotatable bonds is 7. The number of nitrogens with zero attached hydrogens (tertiary/aromatic N) is 1. The molecule has 0 aromatic carbocycles. The maximum absolute atomic E-state index is 11.5. The second kappa shape index (κ2) is 7.18. The largest absolute Gasteiger partial charge is 0.378 e. The maximum Gasteiger partial charge on any atom is 0.324 e. The van der Waals surface area contributed by atoms with Gasteiger partial charge in [-0.25, -0.2) is 4.79 Å². The van der Waals surface area contributed by atoms with Gasteiger partial charge in [0.15, 0.2) is 0 Å². The molecule has 130 valence electrons. The lowest BCUT2D eigenvalue weighted by Gasteiger charge is -2.58. The number of amides is 3. The second-order valence-corrected chi connectivity index (χ2v) is 7.04. The first-order valence-electron chi connectivity index (χ1n) is 9.10. The topological polar surface area (TPSA) is 70.7 Å². The molecule has 3 amide bonds. The van der Waals surface area contributed by atoms with E-state index in [4.69, 9.17) is 4.74 Å². The highest BCUT2D eigenvalue weighted by molar-refractivity contribution is 6.01. The molecule has 23 heavy (non-hydrogen) atoms. The number of nitrogens with one attached hydrogen (secondary N) is 2. The fraction of sp³-hybridized carbons (Fsp3) is 0.882. The van der Waals surface area contributed by atoms with Crippen LogP contribution in [0.4, 0.5) is 4.79 Å². The first-order chi connectivity index (χ1) is 11.2. The first kappa shape index (κ1) is 16.7. The van der Waals surface area contributed by atoms with Crippen molar-refractivity contribution in [3.63, 3.8) is 0 Å². The highest BCUT2D eigenvalue weighted by Crippen LogP contribution is 2.53. The van der Waals surface area contributed by atoms with Gasteiger partial charge < -0.3 is 15.4 Å². The predicted octanol–water partition coefficient (Wildman–Crippen LogP) is 1.65. The zero-order valence-corrected chi connectivity index (χ0v) is 14.1. The molecule has 1 heterocycles. The Hall–Kier alpha value is -1.14. The van der Waals surface area contributed by atoms with Gasteiger partial charge in [0.05, 0.1) is 12.6 Å². The molecule has 0 radical (unpaired) electrons. The molecule has 3 fully saturated rings. The van der Waals surface area contributed by atoms with Crippen molar-refractivity contribution in [3.05, 3.63) is 0 Å². The minimum Gasteiger partial charge on any atom is -0.378 e. The third-order valence-electron chi connectivity index (χ3n) is 5.82. The Morgan fingerprint density at radius 1 is 1.30 bits per heavy atom. The predicted molar refractivity (Wildman–Crippen MR) is 87.1 cm³/mol. The van der Waals surface area contributed by atoms with Crippen LogP contribution in [0.25, 0.3) is 0 Å². The number of ether oxygens (including phenoxy) is 1. The van der Waals surface area contributed by atoms with Crippen molar-refractivity contribution in [1.29, 1.82) is 0 Å². The average molecular weight is 323 g/mol. The number of imide groups is 1. The standard InChI is InChI=1S/C17H29N3O3/c1-2-23-14-11-13(17(14)7-4-3-5-8-17)18-9-6-10-20-15(21)12-19-16(20)22/h13-14,18H,2-12H2,1H3,(H,19,22)/t13-,14+/m0/s1. The number of hydrogen-bond donors (Lipinski definition) is 2. The summed E-state index contributed by atoms with van der Waals surface area (Å²) < 4.78 is 5.97. The Morgan fingerprint density at radius 3 is 2.74 bits per heavy atom. The van der Waals surface area contributed by atoms with E-state index in [0.29, 0.717) is 24.1 Å². The van der Waals surface area contributed by atoms with Crippen molar-refractivity contribution in [3.8, 4) is 0 Å². The van der Waals surface area contributed by atoms with E-state index in [1.807, 2.05) is 0 Å². The van der Waals surface area contributed by atoms with Gasteiger partial charge in [-0.3, -0.25) is 9.69 Å². The smallest absolute Gasteiger partial charge is 0.324 e. The van der Waals surface area contributed by atoms with Crippen LogP contribution in [0.2, 0.25) is 0 Å². The van der Waals surface area contributed by atoms with E-state index >= 15 is 0 Å². The normalized spacial score (nSPS) is 29.7. The fourth-order valence-electron chi connectivity index (χ4n) is 4.54. The molecule has 6 nitrogen and oxygen atoms in total. The van der Waals surface area contributed by atoms with E-state index in [1.165, 1.54) is 37.0 Å². The molecule has 0 aromatic heterocycles. The summed E-state index contributed by atoms with van der Waals surface area (Å²) >= 11 is 0. The van der Waals surface area contributed by atoms with Crippen LogP contribution in [0.15, 0.2) is 0 Å². The monoisotopic (exact) mass is 323 g/mol. The molecule has 1 saturated heterocycles. The van der Waals surface area contributed by atoms with Crippen LogP contribution in [0.3, 0.4) is 0 Å². The first-order valence-corrected chi connectivity index (χ1v) is 9.10. The van der Waals surface area contributed by atoms with E-state index in [9.17, 15) is 9.59 Å². The average Bonchev–Trinajstić information content (AvgIpc) is 2.89. The second-order valence-electron chi connectivity index (χ2n) is 7.04. The van der Waals surface area contributed by atoms with Crippen LogP contribution in [0, 0.1) is 5.41 Å². The summed E-state index contributed by atoms with van der Waals surface area (Å²) in [4.78, 5) is 24.4. The molecular formula is C17H29N3O3. The molecule has 0 aromatic rings. The van der Waals surface area contributed by atoms with Crippen LogP contribution >= 0.6 is 0 Å². The van der Waals surface area contributed by atoms with Gasteiger partial charge in [-0.05, 0) is 39.2 Å². The lowest BCUT2D eigenvalue weighted by atomic mass is 9.55. The minimum absolute atomic E-state index is 0.112. The van der Waals surface area contributed by atoms with Crippen molar-refractivity contribution in [2.45, 2.75) is 64.0 Å². The third-order valence-corrected chi connectivity index (χ3v) is 5.82.